The highest BCUT2D eigenvalue weighted by atomic mass is 14.5. The molecule has 0 atom stereocenters. The quantitative estimate of drug-likeness (QED) is 0.101. The van der Waals surface area contributed by atoms with E-state index in [2.05, 4.69) is 91.8 Å². The van der Waals surface area contributed by atoms with E-state index in [-0.39, 0.29) is 0 Å². The van der Waals surface area contributed by atoms with Crippen LogP contribution in [0, 0.1) is 34.5 Å². The van der Waals surface area contributed by atoms with Gasteiger partial charge in [-0.25, -0.2) is 0 Å². The highest BCUT2D eigenvalue weighted by Crippen LogP contribution is 2.62. The summed E-state index contributed by atoms with van der Waals surface area (Å²) in [6.07, 6.45) is 35.0. The topological polar surface area (TPSA) is 0 Å². The molecule has 0 radical (unpaired) electrons. The molecule has 0 aromatic heterocycles. The number of allylic oxidation sites excluding steroid dienone is 3. The molecule has 45 heavy (non-hydrogen) atoms. The third-order valence-electron chi connectivity index (χ3n) is 11.3. The van der Waals surface area contributed by atoms with Crippen molar-refractivity contribution in [3.05, 3.63) is 47.0 Å². The summed E-state index contributed by atoms with van der Waals surface area (Å²) < 4.78 is 0. The summed E-state index contributed by atoms with van der Waals surface area (Å²) in [6, 6.07) is 9.41. The molecule has 0 aliphatic heterocycles. The van der Waals surface area contributed by atoms with Gasteiger partial charge in [-0.1, -0.05) is 188 Å². The van der Waals surface area contributed by atoms with E-state index >= 15 is 0 Å². The van der Waals surface area contributed by atoms with Crippen molar-refractivity contribution in [2.24, 2.45) is 34.5 Å². The van der Waals surface area contributed by atoms with Crippen molar-refractivity contribution in [1.29, 1.82) is 0 Å². The minimum absolute atomic E-state index is 0.342. The first kappa shape index (κ1) is 38.2. The molecule has 2 aliphatic carbocycles. The SMILES string of the molecule is CC(C)CCCCCC1(CCCCCC(C)C)C=C2C(=Cc3ccccc32)C(CCCCCC(C)C)(CCCCCC(C)C)C1. The van der Waals surface area contributed by atoms with Crippen molar-refractivity contribution < 1.29 is 0 Å². The van der Waals surface area contributed by atoms with Crippen molar-refractivity contribution in [3.8, 4) is 0 Å². The Kier molecular flexibility index (Phi) is 16.5. The third kappa shape index (κ3) is 12.7. The van der Waals surface area contributed by atoms with Gasteiger partial charge in [-0.2, -0.15) is 0 Å². The van der Waals surface area contributed by atoms with Crippen LogP contribution in [0.25, 0.3) is 11.6 Å². The van der Waals surface area contributed by atoms with Gasteiger partial charge in [-0.15, -0.1) is 0 Å². The molecular formula is C45H76. The van der Waals surface area contributed by atoms with E-state index in [9.17, 15) is 0 Å². The Morgan fingerprint density at radius 1 is 0.511 bits per heavy atom. The lowest BCUT2D eigenvalue weighted by Crippen LogP contribution is -2.37. The number of unbranched alkanes of at least 4 members (excludes halogenated alkanes) is 8. The average Bonchev–Trinajstić information content (AvgIpc) is 3.35. The van der Waals surface area contributed by atoms with Gasteiger partial charge in [0.25, 0.3) is 0 Å². The molecule has 0 fully saturated rings. The number of fused-ring (bicyclic) bond motifs is 3. The van der Waals surface area contributed by atoms with Gasteiger partial charge < -0.3 is 0 Å². The number of hydrogen-bond donors (Lipinski definition) is 0. The lowest BCUT2D eigenvalue weighted by molar-refractivity contribution is 0.141. The van der Waals surface area contributed by atoms with Crippen molar-refractivity contribution in [2.75, 3.05) is 0 Å². The van der Waals surface area contributed by atoms with Crippen LogP contribution in [0.2, 0.25) is 0 Å². The number of benzene rings is 1. The van der Waals surface area contributed by atoms with E-state index in [1.54, 1.807) is 16.7 Å². The van der Waals surface area contributed by atoms with Gasteiger partial charge in [0.15, 0.2) is 0 Å². The molecule has 256 valence electrons. The van der Waals surface area contributed by atoms with Gasteiger partial charge in [0.1, 0.15) is 0 Å². The summed E-state index contributed by atoms with van der Waals surface area (Å²) in [4.78, 5) is 0. The lowest BCUT2D eigenvalue weighted by Gasteiger charge is -2.49. The minimum Gasteiger partial charge on any atom is -0.0701 e. The maximum Gasteiger partial charge on any atom is -0.00325 e. The summed E-state index contributed by atoms with van der Waals surface area (Å²) in [5, 5.41) is 0. The molecular weight excluding hydrogens is 540 g/mol. The normalized spacial score (nSPS) is 16.9. The zero-order valence-electron chi connectivity index (χ0n) is 31.6. The molecule has 0 unspecified atom stereocenters. The molecule has 1 aromatic rings. The third-order valence-corrected chi connectivity index (χ3v) is 11.3. The molecule has 1 aromatic carbocycles. The molecule has 0 bridgehead atoms. The summed E-state index contributed by atoms with van der Waals surface area (Å²) in [5.41, 5.74) is 7.13. The lowest BCUT2D eigenvalue weighted by atomic mass is 9.55. The van der Waals surface area contributed by atoms with E-state index in [0.717, 1.165) is 23.7 Å². The summed E-state index contributed by atoms with van der Waals surface area (Å²) in [5.74, 6) is 3.32. The predicted molar refractivity (Wildman–Crippen MR) is 204 cm³/mol. The van der Waals surface area contributed by atoms with Crippen LogP contribution in [0.3, 0.4) is 0 Å². The first-order chi connectivity index (χ1) is 21.6. The fourth-order valence-electron chi connectivity index (χ4n) is 8.78. The van der Waals surface area contributed by atoms with Crippen LogP contribution >= 0.6 is 0 Å². The minimum atomic E-state index is 0.342. The van der Waals surface area contributed by atoms with E-state index in [1.807, 2.05) is 0 Å². The van der Waals surface area contributed by atoms with Crippen LogP contribution in [0.4, 0.5) is 0 Å². The van der Waals surface area contributed by atoms with Gasteiger partial charge in [0.05, 0.1) is 0 Å². The second-order valence-corrected chi connectivity index (χ2v) is 17.5. The maximum absolute atomic E-state index is 2.88. The van der Waals surface area contributed by atoms with Gasteiger partial charge in [-0.05, 0) is 95.0 Å². The molecule has 0 saturated carbocycles. The van der Waals surface area contributed by atoms with Crippen molar-refractivity contribution >= 4 is 11.6 Å². The monoisotopic (exact) mass is 617 g/mol. The standard InChI is InChI=1S/C45H76/c1-36(2)23-13-9-19-29-44(30-20-10-14-24-37(3)4)34-42-41-28-18-17-27-40(41)33-43(42)45(35-44,31-21-11-15-25-38(5)6)32-22-12-16-26-39(7)8/h17-18,27-28,33-34,36-39H,9-16,19-26,29-32,35H2,1-8H3. The molecule has 0 saturated heterocycles. The Hall–Kier alpha value is -1.30. The molecule has 0 N–H and O–H groups in total. The van der Waals surface area contributed by atoms with Gasteiger partial charge in [-0.3, -0.25) is 0 Å². The molecule has 0 nitrogen and oxygen atoms in total. The van der Waals surface area contributed by atoms with Crippen LogP contribution in [0.1, 0.15) is 201 Å². The first-order valence-electron chi connectivity index (χ1n) is 20.1. The molecule has 0 spiro atoms. The van der Waals surface area contributed by atoms with Crippen LogP contribution < -0.4 is 0 Å². The van der Waals surface area contributed by atoms with Gasteiger partial charge in [0.2, 0.25) is 0 Å². The van der Waals surface area contributed by atoms with E-state index in [4.69, 9.17) is 0 Å². The van der Waals surface area contributed by atoms with Crippen LogP contribution in [0.15, 0.2) is 35.9 Å². The van der Waals surface area contributed by atoms with E-state index < -0.39 is 0 Å². The Labute approximate surface area is 282 Å². The fraction of sp³-hybridized carbons (Fsp3) is 0.778. The number of hydrogen-bond acceptors (Lipinski definition) is 0. The van der Waals surface area contributed by atoms with E-state index in [1.165, 1.54) is 140 Å². The zero-order chi connectivity index (χ0) is 32.7. The Balaban J connectivity index is 1.94. The molecule has 0 heterocycles. The van der Waals surface area contributed by atoms with E-state index in [0.29, 0.717) is 10.8 Å². The van der Waals surface area contributed by atoms with Crippen LogP contribution in [-0.2, 0) is 0 Å². The molecule has 3 rings (SSSR count). The predicted octanol–water partition coefficient (Wildman–Crippen LogP) is 15.3. The van der Waals surface area contributed by atoms with Crippen LogP contribution in [-0.4, -0.2) is 0 Å². The average molecular weight is 617 g/mol. The summed E-state index contributed by atoms with van der Waals surface area (Å²) >= 11 is 0. The largest absolute Gasteiger partial charge is 0.0701 e. The highest BCUT2D eigenvalue weighted by molar-refractivity contribution is 5.96. The fourth-order valence-corrected chi connectivity index (χ4v) is 8.78. The zero-order valence-corrected chi connectivity index (χ0v) is 31.6. The Morgan fingerprint density at radius 3 is 1.38 bits per heavy atom. The van der Waals surface area contributed by atoms with Crippen molar-refractivity contribution in [3.63, 3.8) is 0 Å². The van der Waals surface area contributed by atoms with Gasteiger partial charge >= 0.3 is 0 Å². The Morgan fingerprint density at radius 2 is 0.933 bits per heavy atom. The summed E-state index contributed by atoms with van der Waals surface area (Å²) in [7, 11) is 0. The maximum atomic E-state index is 2.88. The summed E-state index contributed by atoms with van der Waals surface area (Å²) in [6.45, 7) is 19.2. The number of rotatable bonds is 24. The molecule has 2 aliphatic rings. The van der Waals surface area contributed by atoms with Crippen LogP contribution in [0.5, 0.6) is 0 Å². The molecule has 0 heteroatoms. The highest BCUT2D eigenvalue weighted by Gasteiger charge is 2.48. The smallest absolute Gasteiger partial charge is 0.00325 e. The van der Waals surface area contributed by atoms with Crippen molar-refractivity contribution in [2.45, 2.75) is 190 Å². The van der Waals surface area contributed by atoms with Gasteiger partial charge in [0, 0.05) is 0 Å². The second kappa shape index (κ2) is 19.5. The first-order valence-corrected chi connectivity index (χ1v) is 20.1. The molecule has 0 amide bonds. The van der Waals surface area contributed by atoms with Crippen molar-refractivity contribution in [1.82, 2.24) is 0 Å². The second-order valence-electron chi connectivity index (χ2n) is 17.5. The Bertz CT molecular complexity index is 978.